The Morgan fingerprint density at radius 2 is 1.58 bits per heavy atom. The summed E-state index contributed by atoms with van der Waals surface area (Å²) in [5, 5.41) is 9.64. The lowest BCUT2D eigenvalue weighted by molar-refractivity contribution is -0.137. The first-order valence-corrected chi connectivity index (χ1v) is 5.46. The van der Waals surface area contributed by atoms with E-state index in [1.165, 1.54) is 12.1 Å². The minimum atomic E-state index is -4.54. The van der Waals surface area contributed by atoms with Crippen molar-refractivity contribution < 1.29 is 22.7 Å². The Balaban J connectivity index is 2.52. The number of hydrogen-bond donors (Lipinski definition) is 1. The molecule has 0 aliphatic carbocycles. The third kappa shape index (κ3) is 2.70. The van der Waals surface area contributed by atoms with Crippen LogP contribution in [-0.4, -0.2) is 5.11 Å². The molecular formula is C14H10F4O. The van der Waals surface area contributed by atoms with Crippen LogP contribution >= 0.6 is 0 Å². The first-order chi connectivity index (χ1) is 8.79. The zero-order valence-electron chi connectivity index (χ0n) is 9.92. The van der Waals surface area contributed by atoms with E-state index in [1.54, 1.807) is 13.0 Å². The van der Waals surface area contributed by atoms with Crippen molar-refractivity contribution >= 4 is 0 Å². The predicted molar refractivity (Wildman–Crippen MR) is 63.2 cm³/mol. The first-order valence-electron chi connectivity index (χ1n) is 5.46. The van der Waals surface area contributed by atoms with Crippen molar-refractivity contribution in [3.8, 4) is 16.9 Å². The quantitative estimate of drug-likeness (QED) is 0.755. The molecule has 0 atom stereocenters. The van der Waals surface area contributed by atoms with E-state index in [9.17, 15) is 22.7 Å². The number of alkyl halides is 3. The fourth-order valence-electron chi connectivity index (χ4n) is 1.77. The molecule has 2 rings (SSSR count). The molecule has 0 heterocycles. The van der Waals surface area contributed by atoms with Crippen molar-refractivity contribution in [3.63, 3.8) is 0 Å². The molecule has 0 amide bonds. The van der Waals surface area contributed by atoms with E-state index in [-0.39, 0.29) is 11.1 Å². The van der Waals surface area contributed by atoms with Crippen LogP contribution in [-0.2, 0) is 6.18 Å². The largest absolute Gasteiger partial charge is 0.507 e. The SMILES string of the molecule is Cc1ccc(-c2ccc(C(F)(F)F)cc2O)c(F)c1. The fraction of sp³-hybridized carbons (Fsp3) is 0.143. The molecule has 0 unspecified atom stereocenters. The van der Waals surface area contributed by atoms with Gasteiger partial charge in [0.05, 0.1) is 5.56 Å². The Labute approximate surface area is 107 Å². The summed E-state index contributed by atoms with van der Waals surface area (Å²) in [7, 11) is 0. The zero-order chi connectivity index (χ0) is 14.2. The summed E-state index contributed by atoms with van der Waals surface area (Å²) in [6.45, 7) is 1.69. The standard InChI is InChI=1S/C14H10F4O/c1-8-2-4-10(12(15)6-8)11-5-3-9(7-13(11)19)14(16,17)18/h2-7,19H,1H3. The van der Waals surface area contributed by atoms with Gasteiger partial charge in [-0.2, -0.15) is 13.2 Å². The smallest absolute Gasteiger partial charge is 0.416 e. The van der Waals surface area contributed by atoms with Gasteiger partial charge in [0.25, 0.3) is 0 Å². The number of aryl methyl sites for hydroxylation is 1. The second-order valence-corrected chi connectivity index (χ2v) is 4.21. The van der Waals surface area contributed by atoms with Gasteiger partial charge in [0.2, 0.25) is 0 Å². The van der Waals surface area contributed by atoms with Gasteiger partial charge in [-0.15, -0.1) is 0 Å². The topological polar surface area (TPSA) is 20.2 Å². The molecule has 1 N–H and O–H groups in total. The van der Waals surface area contributed by atoms with E-state index < -0.39 is 23.3 Å². The Morgan fingerprint density at radius 3 is 2.11 bits per heavy atom. The summed E-state index contributed by atoms with van der Waals surface area (Å²) in [5.41, 5.74) is -0.184. The van der Waals surface area contributed by atoms with Crippen LogP contribution in [0.4, 0.5) is 17.6 Å². The van der Waals surface area contributed by atoms with E-state index in [0.29, 0.717) is 11.6 Å². The van der Waals surface area contributed by atoms with Crippen LogP contribution in [0, 0.1) is 12.7 Å². The normalized spacial score (nSPS) is 11.6. The molecule has 0 spiro atoms. The molecular weight excluding hydrogens is 260 g/mol. The second-order valence-electron chi connectivity index (χ2n) is 4.21. The number of aromatic hydroxyl groups is 1. The maximum absolute atomic E-state index is 13.7. The van der Waals surface area contributed by atoms with Crippen LogP contribution in [0.5, 0.6) is 5.75 Å². The van der Waals surface area contributed by atoms with Crippen molar-refractivity contribution in [2.45, 2.75) is 13.1 Å². The average molecular weight is 270 g/mol. The molecule has 0 radical (unpaired) electrons. The van der Waals surface area contributed by atoms with Crippen molar-refractivity contribution in [2.24, 2.45) is 0 Å². The average Bonchev–Trinajstić information content (AvgIpc) is 2.28. The highest BCUT2D eigenvalue weighted by molar-refractivity contribution is 5.71. The molecule has 0 aromatic heterocycles. The molecule has 0 saturated carbocycles. The number of phenols is 1. The number of rotatable bonds is 1. The summed E-state index contributed by atoms with van der Waals surface area (Å²) in [5.74, 6) is -1.19. The van der Waals surface area contributed by atoms with Gasteiger partial charge in [-0.3, -0.25) is 0 Å². The lowest BCUT2D eigenvalue weighted by Gasteiger charge is -2.11. The summed E-state index contributed by atoms with van der Waals surface area (Å²) < 4.78 is 51.1. The Bertz CT molecular complexity index is 617. The van der Waals surface area contributed by atoms with Crippen LogP contribution in [0.2, 0.25) is 0 Å². The van der Waals surface area contributed by atoms with Crippen LogP contribution in [0.1, 0.15) is 11.1 Å². The highest BCUT2D eigenvalue weighted by Crippen LogP contribution is 2.37. The molecule has 2 aromatic carbocycles. The summed E-state index contributed by atoms with van der Waals surface area (Å²) >= 11 is 0. The van der Waals surface area contributed by atoms with Crippen molar-refractivity contribution in [1.29, 1.82) is 0 Å². The van der Waals surface area contributed by atoms with E-state index >= 15 is 0 Å². The molecule has 1 nitrogen and oxygen atoms in total. The minimum Gasteiger partial charge on any atom is -0.507 e. The van der Waals surface area contributed by atoms with Gasteiger partial charge >= 0.3 is 6.18 Å². The van der Waals surface area contributed by atoms with Gasteiger partial charge in [0.15, 0.2) is 0 Å². The van der Waals surface area contributed by atoms with Crippen molar-refractivity contribution in [1.82, 2.24) is 0 Å². The third-order valence-electron chi connectivity index (χ3n) is 2.74. The van der Waals surface area contributed by atoms with Crippen molar-refractivity contribution in [2.75, 3.05) is 0 Å². The fourth-order valence-corrected chi connectivity index (χ4v) is 1.77. The van der Waals surface area contributed by atoms with Crippen LogP contribution in [0.25, 0.3) is 11.1 Å². The van der Waals surface area contributed by atoms with Crippen molar-refractivity contribution in [3.05, 3.63) is 53.3 Å². The van der Waals surface area contributed by atoms with E-state index in [1.807, 2.05) is 0 Å². The highest BCUT2D eigenvalue weighted by atomic mass is 19.4. The molecule has 0 aliphatic heterocycles. The first kappa shape index (κ1) is 13.4. The predicted octanol–water partition coefficient (Wildman–Crippen LogP) is 4.53. The third-order valence-corrected chi connectivity index (χ3v) is 2.74. The number of hydrogen-bond acceptors (Lipinski definition) is 1. The summed E-state index contributed by atoms with van der Waals surface area (Å²) in [6.07, 6.45) is -4.54. The second kappa shape index (κ2) is 4.57. The Morgan fingerprint density at radius 1 is 0.947 bits per heavy atom. The molecule has 2 aromatic rings. The molecule has 19 heavy (non-hydrogen) atoms. The van der Waals surface area contributed by atoms with Gasteiger partial charge in [-0.25, -0.2) is 4.39 Å². The van der Waals surface area contributed by atoms with Gasteiger partial charge < -0.3 is 5.11 Å². The number of phenolic OH excluding ortho intramolecular Hbond substituents is 1. The summed E-state index contributed by atoms with van der Waals surface area (Å²) in [6, 6.07) is 6.77. The zero-order valence-corrected chi connectivity index (χ0v) is 9.92. The molecule has 100 valence electrons. The van der Waals surface area contributed by atoms with Crippen LogP contribution < -0.4 is 0 Å². The molecule has 0 fully saturated rings. The lowest BCUT2D eigenvalue weighted by atomic mass is 10.0. The van der Waals surface area contributed by atoms with Gasteiger partial charge in [-0.1, -0.05) is 12.1 Å². The maximum atomic E-state index is 13.7. The van der Waals surface area contributed by atoms with Gasteiger partial charge in [0.1, 0.15) is 11.6 Å². The minimum absolute atomic E-state index is 0.0329. The summed E-state index contributed by atoms with van der Waals surface area (Å²) in [4.78, 5) is 0. The molecule has 0 aliphatic rings. The molecule has 0 saturated heterocycles. The number of halogens is 4. The maximum Gasteiger partial charge on any atom is 0.416 e. The highest BCUT2D eigenvalue weighted by Gasteiger charge is 2.31. The molecule has 0 bridgehead atoms. The van der Waals surface area contributed by atoms with Gasteiger partial charge in [-0.05, 0) is 36.8 Å². The van der Waals surface area contributed by atoms with E-state index in [2.05, 4.69) is 0 Å². The molecule has 5 heteroatoms. The van der Waals surface area contributed by atoms with E-state index in [0.717, 1.165) is 12.1 Å². The monoisotopic (exact) mass is 270 g/mol. The Hall–Kier alpha value is -2.04. The van der Waals surface area contributed by atoms with Crippen LogP contribution in [0.3, 0.4) is 0 Å². The van der Waals surface area contributed by atoms with Gasteiger partial charge in [0, 0.05) is 11.1 Å². The lowest BCUT2D eigenvalue weighted by Crippen LogP contribution is -2.04. The van der Waals surface area contributed by atoms with Crippen LogP contribution in [0.15, 0.2) is 36.4 Å². The van der Waals surface area contributed by atoms with E-state index in [4.69, 9.17) is 0 Å². The Kier molecular flexibility index (Phi) is 3.22. The number of benzene rings is 2.